The monoisotopic (exact) mass is 215 g/mol. The third-order valence-corrected chi connectivity index (χ3v) is 2.51. The molecule has 5 nitrogen and oxygen atoms in total. The standard InChI is InChI=1S/C6H6ClN5S/c7-4-2-9-12(3-4)6-11-10-5(1-8)13-6/h2-3H,1,8H2. The van der Waals surface area contributed by atoms with Gasteiger partial charge in [-0.05, 0) is 0 Å². The molecule has 0 saturated heterocycles. The van der Waals surface area contributed by atoms with Gasteiger partial charge in [0.05, 0.1) is 17.4 Å². The molecule has 0 aliphatic heterocycles. The quantitative estimate of drug-likeness (QED) is 0.806. The predicted octanol–water partition coefficient (Wildman–Crippen LogP) is 0.836. The van der Waals surface area contributed by atoms with Crippen LogP contribution in [0.15, 0.2) is 12.4 Å². The number of hydrogen-bond donors (Lipinski definition) is 1. The topological polar surface area (TPSA) is 69.6 Å². The minimum Gasteiger partial charge on any atom is -0.324 e. The SMILES string of the molecule is NCc1nnc(-n2cc(Cl)cn2)s1. The first-order valence-electron chi connectivity index (χ1n) is 3.52. The van der Waals surface area contributed by atoms with Crippen molar-refractivity contribution in [1.82, 2.24) is 20.0 Å². The summed E-state index contributed by atoms with van der Waals surface area (Å²) in [5, 5.41) is 13.8. The van der Waals surface area contributed by atoms with E-state index in [9.17, 15) is 0 Å². The Bertz CT molecular complexity index is 409. The van der Waals surface area contributed by atoms with E-state index >= 15 is 0 Å². The van der Waals surface area contributed by atoms with Crippen LogP contribution in [0.5, 0.6) is 0 Å². The van der Waals surface area contributed by atoms with Crippen LogP contribution in [0.4, 0.5) is 0 Å². The smallest absolute Gasteiger partial charge is 0.232 e. The average Bonchev–Trinajstić information content (AvgIpc) is 2.71. The fourth-order valence-electron chi connectivity index (χ4n) is 0.825. The number of rotatable bonds is 2. The fourth-order valence-corrected chi connectivity index (χ4v) is 1.61. The fraction of sp³-hybridized carbons (Fsp3) is 0.167. The van der Waals surface area contributed by atoms with Crippen molar-refractivity contribution in [1.29, 1.82) is 0 Å². The summed E-state index contributed by atoms with van der Waals surface area (Å²) in [4.78, 5) is 0. The van der Waals surface area contributed by atoms with E-state index in [2.05, 4.69) is 15.3 Å². The summed E-state index contributed by atoms with van der Waals surface area (Å²) in [6, 6.07) is 0. The molecule has 0 saturated carbocycles. The molecule has 0 aliphatic carbocycles. The molecule has 2 heterocycles. The van der Waals surface area contributed by atoms with E-state index in [1.165, 1.54) is 11.3 Å². The van der Waals surface area contributed by atoms with Crippen LogP contribution in [0, 0.1) is 0 Å². The zero-order valence-corrected chi connectivity index (χ0v) is 8.09. The van der Waals surface area contributed by atoms with Crippen LogP contribution >= 0.6 is 22.9 Å². The van der Waals surface area contributed by atoms with Crippen molar-refractivity contribution >= 4 is 22.9 Å². The summed E-state index contributed by atoms with van der Waals surface area (Å²) in [6.45, 7) is 0.396. The van der Waals surface area contributed by atoms with Crippen molar-refractivity contribution in [3.05, 3.63) is 22.4 Å². The number of aromatic nitrogens is 4. The maximum atomic E-state index is 5.70. The van der Waals surface area contributed by atoms with Crippen LogP contribution in [0.3, 0.4) is 0 Å². The molecule has 0 bridgehead atoms. The summed E-state index contributed by atoms with van der Waals surface area (Å²) in [7, 11) is 0. The molecule has 2 aromatic heterocycles. The summed E-state index contributed by atoms with van der Waals surface area (Å²) >= 11 is 7.09. The van der Waals surface area contributed by atoms with Crippen LogP contribution in [0.2, 0.25) is 5.02 Å². The molecule has 68 valence electrons. The normalized spacial score (nSPS) is 10.6. The van der Waals surface area contributed by atoms with E-state index in [1.807, 2.05) is 0 Å². The van der Waals surface area contributed by atoms with Gasteiger partial charge in [-0.25, -0.2) is 4.68 Å². The van der Waals surface area contributed by atoms with E-state index in [0.717, 1.165) is 5.01 Å². The van der Waals surface area contributed by atoms with Gasteiger partial charge in [0, 0.05) is 6.54 Å². The molecule has 13 heavy (non-hydrogen) atoms. The zero-order valence-electron chi connectivity index (χ0n) is 6.51. The highest BCUT2D eigenvalue weighted by molar-refractivity contribution is 7.13. The largest absolute Gasteiger partial charge is 0.324 e. The Balaban J connectivity index is 2.35. The Morgan fingerprint density at radius 2 is 2.38 bits per heavy atom. The van der Waals surface area contributed by atoms with Crippen LogP contribution in [-0.4, -0.2) is 20.0 Å². The first-order chi connectivity index (χ1) is 6.29. The van der Waals surface area contributed by atoms with Gasteiger partial charge in [0.25, 0.3) is 0 Å². The Kier molecular flexibility index (Phi) is 2.26. The predicted molar refractivity (Wildman–Crippen MR) is 49.9 cm³/mol. The molecule has 0 aromatic carbocycles. The van der Waals surface area contributed by atoms with Gasteiger partial charge in [0.15, 0.2) is 0 Å². The number of hydrogen-bond acceptors (Lipinski definition) is 5. The summed E-state index contributed by atoms with van der Waals surface area (Å²) in [5.74, 6) is 0. The maximum Gasteiger partial charge on any atom is 0.232 e. The molecule has 0 radical (unpaired) electrons. The van der Waals surface area contributed by atoms with Gasteiger partial charge in [-0.2, -0.15) is 5.10 Å². The second kappa shape index (κ2) is 3.41. The molecule has 0 aliphatic rings. The molecular formula is C6H6ClN5S. The molecule has 7 heteroatoms. The van der Waals surface area contributed by atoms with E-state index < -0.39 is 0 Å². The van der Waals surface area contributed by atoms with Crippen LogP contribution in [-0.2, 0) is 6.54 Å². The Hall–Kier alpha value is -0.980. The maximum absolute atomic E-state index is 5.70. The molecule has 2 N–H and O–H groups in total. The van der Waals surface area contributed by atoms with Crippen molar-refractivity contribution in [2.24, 2.45) is 5.73 Å². The van der Waals surface area contributed by atoms with E-state index in [0.29, 0.717) is 16.7 Å². The zero-order chi connectivity index (χ0) is 9.26. The van der Waals surface area contributed by atoms with Crippen molar-refractivity contribution in [3.63, 3.8) is 0 Å². The van der Waals surface area contributed by atoms with Gasteiger partial charge < -0.3 is 5.73 Å². The lowest BCUT2D eigenvalue weighted by Crippen LogP contribution is -1.94. The van der Waals surface area contributed by atoms with Crippen LogP contribution in [0.1, 0.15) is 5.01 Å². The first-order valence-corrected chi connectivity index (χ1v) is 4.72. The Labute approximate surface area is 83.2 Å². The number of nitrogens with zero attached hydrogens (tertiary/aromatic N) is 4. The molecule has 0 spiro atoms. The average molecular weight is 216 g/mol. The molecule has 0 atom stereocenters. The van der Waals surface area contributed by atoms with Gasteiger partial charge in [-0.1, -0.05) is 22.9 Å². The van der Waals surface area contributed by atoms with Gasteiger partial charge in [-0.3, -0.25) is 0 Å². The summed E-state index contributed by atoms with van der Waals surface area (Å²) in [6.07, 6.45) is 3.22. The van der Waals surface area contributed by atoms with Crippen LogP contribution in [0.25, 0.3) is 5.13 Å². The molecular weight excluding hydrogens is 210 g/mol. The molecule has 0 amide bonds. The van der Waals surface area contributed by atoms with E-state index in [4.69, 9.17) is 17.3 Å². The first kappa shape index (κ1) is 8.61. The highest BCUT2D eigenvalue weighted by Gasteiger charge is 2.05. The summed E-state index contributed by atoms with van der Waals surface area (Å²) < 4.78 is 1.57. The van der Waals surface area contributed by atoms with Crippen molar-refractivity contribution in [3.8, 4) is 5.13 Å². The highest BCUT2D eigenvalue weighted by atomic mass is 35.5. The number of halogens is 1. The lowest BCUT2D eigenvalue weighted by molar-refractivity contribution is 0.838. The van der Waals surface area contributed by atoms with Crippen molar-refractivity contribution in [2.45, 2.75) is 6.54 Å². The van der Waals surface area contributed by atoms with E-state index in [-0.39, 0.29) is 0 Å². The molecule has 0 unspecified atom stereocenters. The highest BCUT2D eigenvalue weighted by Crippen LogP contribution is 2.15. The van der Waals surface area contributed by atoms with E-state index in [1.54, 1.807) is 17.1 Å². The lowest BCUT2D eigenvalue weighted by Gasteiger charge is -1.89. The Morgan fingerprint density at radius 3 is 2.92 bits per heavy atom. The molecule has 2 rings (SSSR count). The van der Waals surface area contributed by atoms with Gasteiger partial charge in [0.1, 0.15) is 5.01 Å². The molecule has 2 aromatic rings. The van der Waals surface area contributed by atoms with Gasteiger partial charge in [0.2, 0.25) is 5.13 Å². The second-order valence-corrected chi connectivity index (χ2v) is 3.76. The third kappa shape index (κ3) is 1.69. The van der Waals surface area contributed by atoms with Gasteiger partial charge >= 0.3 is 0 Å². The molecule has 0 fully saturated rings. The third-order valence-electron chi connectivity index (χ3n) is 1.38. The Morgan fingerprint density at radius 1 is 1.54 bits per heavy atom. The van der Waals surface area contributed by atoms with Crippen LogP contribution < -0.4 is 5.73 Å². The minimum absolute atomic E-state index is 0.396. The van der Waals surface area contributed by atoms with Crippen molar-refractivity contribution < 1.29 is 0 Å². The minimum atomic E-state index is 0.396. The lowest BCUT2D eigenvalue weighted by atomic mass is 10.7. The van der Waals surface area contributed by atoms with Crippen molar-refractivity contribution in [2.75, 3.05) is 0 Å². The summed E-state index contributed by atoms with van der Waals surface area (Å²) in [5.41, 5.74) is 5.40. The van der Waals surface area contributed by atoms with Gasteiger partial charge in [-0.15, -0.1) is 10.2 Å². The number of nitrogens with two attached hydrogens (primary N) is 1. The second-order valence-electron chi connectivity index (χ2n) is 2.29.